The summed E-state index contributed by atoms with van der Waals surface area (Å²) in [5, 5.41) is 0. The summed E-state index contributed by atoms with van der Waals surface area (Å²) in [5.41, 5.74) is 10.9. The van der Waals surface area contributed by atoms with Crippen LogP contribution in [-0.4, -0.2) is 16.5 Å². The van der Waals surface area contributed by atoms with Gasteiger partial charge in [-0.15, -0.1) is 11.3 Å². The van der Waals surface area contributed by atoms with E-state index in [9.17, 15) is 0 Å². The number of aliphatic imine (C=N–C) groups is 1. The molecule has 3 fully saturated rings. The first-order valence-electron chi connectivity index (χ1n) is 7.79. The van der Waals surface area contributed by atoms with Crippen LogP contribution in [-0.2, 0) is 0 Å². The Morgan fingerprint density at radius 1 is 1.19 bits per heavy atom. The van der Waals surface area contributed by atoms with Gasteiger partial charge in [0.25, 0.3) is 0 Å². The molecule has 0 radical (unpaired) electrons. The molecule has 1 aliphatic heterocycles. The van der Waals surface area contributed by atoms with Crippen molar-refractivity contribution in [1.29, 1.82) is 0 Å². The highest BCUT2D eigenvalue weighted by Crippen LogP contribution is 2.48. The Morgan fingerprint density at radius 2 is 2.10 bits per heavy atom. The molecule has 21 heavy (non-hydrogen) atoms. The molecular weight excluding hydrogens is 280 g/mol. The summed E-state index contributed by atoms with van der Waals surface area (Å²) < 4.78 is 1.23. The fraction of sp³-hybridized carbons (Fsp3) is 0.500. The van der Waals surface area contributed by atoms with Crippen LogP contribution >= 0.6 is 11.3 Å². The SMILES string of the molecule is c1nc2cc(C3=N[C@]4(CC5CCC4CC5)NN3)ccc2s1. The summed E-state index contributed by atoms with van der Waals surface area (Å²) in [6, 6.07) is 6.43. The molecule has 1 aromatic carbocycles. The van der Waals surface area contributed by atoms with E-state index in [0.717, 1.165) is 22.8 Å². The number of rotatable bonds is 1. The van der Waals surface area contributed by atoms with Crippen LogP contribution in [0.15, 0.2) is 28.7 Å². The zero-order valence-corrected chi connectivity index (χ0v) is 12.6. The molecule has 1 spiro atoms. The van der Waals surface area contributed by atoms with Crippen molar-refractivity contribution >= 4 is 27.4 Å². The van der Waals surface area contributed by atoms with Crippen LogP contribution in [0.4, 0.5) is 0 Å². The first-order valence-corrected chi connectivity index (χ1v) is 8.67. The minimum atomic E-state index is -0.0481. The number of thiazole rings is 1. The number of hydrogen-bond donors (Lipinski definition) is 2. The quantitative estimate of drug-likeness (QED) is 0.850. The van der Waals surface area contributed by atoms with Crippen LogP contribution in [0.1, 0.15) is 37.7 Å². The van der Waals surface area contributed by atoms with Gasteiger partial charge >= 0.3 is 0 Å². The topological polar surface area (TPSA) is 49.3 Å². The lowest BCUT2D eigenvalue weighted by molar-refractivity contribution is 0.0506. The second-order valence-electron chi connectivity index (χ2n) is 6.59. The van der Waals surface area contributed by atoms with Gasteiger partial charge in [-0.1, -0.05) is 0 Å². The van der Waals surface area contributed by atoms with E-state index < -0.39 is 0 Å². The molecule has 1 atom stereocenters. The Labute approximate surface area is 127 Å². The summed E-state index contributed by atoms with van der Waals surface area (Å²) in [4.78, 5) is 9.50. The predicted molar refractivity (Wildman–Crippen MR) is 85.2 cm³/mol. The molecule has 2 N–H and O–H groups in total. The molecule has 4 nitrogen and oxygen atoms in total. The standard InChI is InChI=1S/C16H18N4S/c1-4-12-5-2-10(1)8-16(12)18-15(19-20-16)11-3-6-14-13(7-11)17-9-21-14/h3,6-7,9-10,12,20H,1-2,4-5,8H2,(H,18,19)/t10?,12?,16-/m1/s1. The predicted octanol–water partition coefficient (Wildman–Crippen LogP) is 3.06. The lowest BCUT2D eigenvalue weighted by Gasteiger charge is -2.47. The van der Waals surface area contributed by atoms with Gasteiger partial charge in [-0.2, -0.15) is 0 Å². The fourth-order valence-electron chi connectivity index (χ4n) is 4.31. The lowest BCUT2D eigenvalue weighted by atomic mass is 9.65. The van der Waals surface area contributed by atoms with E-state index in [-0.39, 0.29) is 5.66 Å². The van der Waals surface area contributed by atoms with Gasteiger partial charge in [0.05, 0.1) is 15.7 Å². The number of nitrogens with zero attached hydrogens (tertiary/aromatic N) is 2. The van der Waals surface area contributed by atoms with Gasteiger partial charge in [0.15, 0.2) is 0 Å². The number of amidine groups is 1. The number of hydrazine groups is 1. The Balaban J connectivity index is 1.53. The van der Waals surface area contributed by atoms with Crippen LogP contribution in [0.3, 0.4) is 0 Å². The second kappa shape index (κ2) is 4.27. The molecule has 0 saturated heterocycles. The summed E-state index contributed by atoms with van der Waals surface area (Å²) in [7, 11) is 0. The highest BCUT2D eigenvalue weighted by molar-refractivity contribution is 7.16. The van der Waals surface area contributed by atoms with E-state index in [4.69, 9.17) is 4.99 Å². The summed E-state index contributed by atoms with van der Waals surface area (Å²) in [5.74, 6) is 2.53. The summed E-state index contributed by atoms with van der Waals surface area (Å²) in [6.07, 6.45) is 6.61. The third kappa shape index (κ3) is 1.77. The third-order valence-corrected chi connectivity index (χ3v) is 6.24. The van der Waals surface area contributed by atoms with E-state index in [1.54, 1.807) is 11.3 Å². The van der Waals surface area contributed by atoms with Gasteiger partial charge in [0, 0.05) is 5.56 Å². The van der Waals surface area contributed by atoms with Gasteiger partial charge in [-0.25, -0.2) is 15.4 Å². The largest absolute Gasteiger partial charge is 0.303 e. The third-order valence-electron chi connectivity index (χ3n) is 5.43. The number of aromatic nitrogens is 1. The van der Waals surface area contributed by atoms with Crippen molar-refractivity contribution < 1.29 is 0 Å². The molecular formula is C16H18N4S. The highest BCUT2D eigenvalue weighted by atomic mass is 32.1. The van der Waals surface area contributed by atoms with Gasteiger partial charge < -0.3 is 5.43 Å². The van der Waals surface area contributed by atoms with Crippen molar-refractivity contribution in [2.45, 2.75) is 37.8 Å². The Hall–Kier alpha value is -1.46. The minimum absolute atomic E-state index is 0.0481. The average Bonchev–Trinajstić information content (AvgIpc) is 3.15. The van der Waals surface area contributed by atoms with Gasteiger partial charge in [0.2, 0.25) is 0 Å². The van der Waals surface area contributed by atoms with E-state index in [0.29, 0.717) is 5.92 Å². The number of nitrogens with one attached hydrogen (secondary N) is 2. The van der Waals surface area contributed by atoms with Crippen molar-refractivity contribution in [3.63, 3.8) is 0 Å². The first-order chi connectivity index (χ1) is 10.3. The van der Waals surface area contributed by atoms with Crippen molar-refractivity contribution in [2.24, 2.45) is 16.8 Å². The van der Waals surface area contributed by atoms with E-state index in [1.807, 2.05) is 5.51 Å². The fourth-order valence-corrected chi connectivity index (χ4v) is 4.96. The molecule has 2 bridgehead atoms. The first kappa shape index (κ1) is 12.1. The minimum Gasteiger partial charge on any atom is -0.303 e. The van der Waals surface area contributed by atoms with Crippen LogP contribution < -0.4 is 10.9 Å². The highest BCUT2D eigenvalue weighted by Gasteiger charge is 2.49. The monoisotopic (exact) mass is 298 g/mol. The molecule has 5 heteroatoms. The maximum Gasteiger partial charge on any atom is 0.144 e. The van der Waals surface area contributed by atoms with Gasteiger partial charge in [-0.05, 0) is 62.1 Å². The zero-order chi connectivity index (χ0) is 13.9. The van der Waals surface area contributed by atoms with Gasteiger partial charge in [-0.3, -0.25) is 0 Å². The molecule has 6 rings (SSSR count). The second-order valence-corrected chi connectivity index (χ2v) is 7.48. The normalized spacial score (nSPS) is 34.4. The maximum absolute atomic E-state index is 5.09. The van der Waals surface area contributed by atoms with Crippen molar-refractivity contribution in [3.05, 3.63) is 29.3 Å². The molecule has 2 heterocycles. The molecule has 3 aliphatic carbocycles. The molecule has 2 aromatic rings. The van der Waals surface area contributed by atoms with Gasteiger partial charge in [0.1, 0.15) is 11.5 Å². The van der Waals surface area contributed by atoms with Crippen molar-refractivity contribution in [3.8, 4) is 0 Å². The van der Waals surface area contributed by atoms with E-state index in [2.05, 4.69) is 34.0 Å². The molecule has 108 valence electrons. The number of fused-ring (bicyclic) bond motifs is 3. The van der Waals surface area contributed by atoms with Crippen molar-refractivity contribution in [1.82, 2.24) is 15.8 Å². The molecule has 1 aromatic heterocycles. The number of hydrogen-bond acceptors (Lipinski definition) is 5. The van der Waals surface area contributed by atoms with E-state index in [1.165, 1.54) is 36.8 Å². The number of benzene rings is 1. The van der Waals surface area contributed by atoms with Crippen LogP contribution in [0.5, 0.6) is 0 Å². The van der Waals surface area contributed by atoms with Crippen LogP contribution in [0, 0.1) is 11.8 Å². The average molecular weight is 298 g/mol. The summed E-state index contributed by atoms with van der Waals surface area (Å²) >= 11 is 1.68. The van der Waals surface area contributed by atoms with Crippen LogP contribution in [0.2, 0.25) is 0 Å². The smallest absolute Gasteiger partial charge is 0.144 e. The molecule has 0 amide bonds. The summed E-state index contributed by atoms with van der Waals surface area (Å²) in [6.45, 7) is 0. The molecule has 4 aliphatic rings. The van der Waals surface area contributed by atoms with Crippen molar-refractivity contribution in [2.75, 3.05) is 0 Å². The molecule has 3 saturated carbocycles. The molecule has 0 unspecified atom stereocenters. The van der Waals surface area contributed by atoms with E-state index >= 15 is 0 Å². The maximum atomic E-state index is 5.09. The zero-order valence-electron chi connectivity index (χ0n) is 11.8. The lowest BCUT2D eigenvalue weighted by Crippen LogP contribution is -2.56. The Bertz CT molecular complexity index is 729. The van der Waals surface area contributed by atoms with Crippen LogP contribution in [0.25, 0.3) is 10.2 Å². The Kier molecular flexibility index (Phi) is 2.47. The Morgan fingerprint density at radius 3 is 2.90 bits per heavy atom.